The van der Waals surface area contributed by atoms with Gasteiger partial charge in [-0.15, -0.1) is 11.3 Å². The molecule has 1 amide bonds. The van der Waals surface area contributed by atoms with E-state index in [0.29, 0.717) is 30.2 Å². The number of benzene rings is 1. The second kappa shape index (κ2) is 6.56. The number of amides is 1. The first-order valence-electron chi connectivity index (χ1n) is 7.50. The summed E-state index contributed by atoms with van der Waals surface area (Å²) in [6.45, 7) is 3.36. The molecule has 0 bridgehead atoms. The number of rotatable bonds is 3. The van der Waals surface area contributed by atoms with Gasteiger partial charge >= 0.3 is 0 Å². The molecule has 0 spiro atoms. The lowest BCUT2D eigenvalue weighted by molar-refractivity contribution is -0.385. The highest BCUT2D eigenvalue weighted by atomic mass is 32.1. The van der Waals surface area contributed by atoms with Gasteiger partial charge in [0.2, 0.25) is 0 Å². The van der Waals surface area contributed by atoms with Crippen LogP contribution < -0.4 is 4.90 Å². The highest BCUT2D eigenvalue weighted by Gasteiger charge is 2.30. The minimum atomic E-state index is -0.618. The van der Waals surface area contributed by atoms with Gasteiger partial charge < -0.3 is 9.80 Å². The maximum Gasteiger partial charge on any atom is 0.272 e. The highest BCUT2D eigenvalue weighted by molar-refractivity contribution is 7.12. The first-order valence-corrected chi connectivity index (χ1v) is 8.38. The van der Waals surface area contributed by atoms with Crippen molar-refractivity contribution in [2.45, 2.75) is 13.0 Å². The minimum absolute atomic E-state index is 0.0127. The van der Waals surface area contributed by atoms with Crippen molar-refractivity contribution in [3.63, 3.8) is 0 Å². The van der Waals surface area contributed by atoms with Crippen molar-refractivity contribution in [1.82, 2.24) is 4.90 Å². The Kier molecular flexibility index (Phi) is 4.48. The molecule has 1 aliphatic heterocycles. The van der Waals surface area contributed by atoms with Crippen LogP contribution in [0.25, 0.3) is 0 Å². The van der Waals surface area contributed by atoms with Gasteiger partial charge in [0.15, 0.2) is 5.82 Å². The van der Waals surface area contributed by atoms with Crippen molar-refractivity contribution in [3.05, 3.63) is 56.5 Å². The molecule has 0 radical (unpaired) electrons. The van der Waals surface area contributed by atoms with E-state index in [4.69, 9.17) is 0 Å². The largest absolute Gasteiger partial charge is 0.365 e. The van der Waals surface area contributed by atoms with Crippen LogP contribution in [0.3, 0.4) is 0 Å². The van der Waals surface area contributed by atoms with Crippen molar-refractivity contribution >= 4 is 28.6 Å². The summed E-state index contributed by atoms with van der Waals surface area (Å²) in [7, 11) is 0. The zero-order valence-corrected chi connectivity index (χ0v) is 13.8. The number of nitro benzene ring substituents is 1. The Morgan fingerprint density at radius 2 is 2.17 bits per heavy atom. The SMILES string of the molecule is C[C@H]1CN(c2ccc([N+](=O)[O-])cc2F)CCN1C(=O)c1cccs1. The smallest absolute Gasteiger partial charge is 0.272 e. The quantitative estimate of drug-likeness (QED) is 0.631. The maximum atomic E-state index is 14.2. The summed E-state index contributed by atoms with van der Waals surface area (Å²) in [6.07, 6.45) is 0. The van der Waals surface area contributed by atoms with E-state index in [1.54, 1.807) is 11.0 Å². The molecular formula is C16H16FN3O3S. The number of carbonyl (C=O) groups excluding carboxylic acids is 1. The van der Waals surface area contributed by atoms with E-state index in [0.717, 1.165) is 6.07 Å². The molecule has 1 aromatic heterocycles. The number of halogens is 1. The molecule has 126 valence electrons. The summed E-state index contributed by atoms with van der Waals surface area (Å²) in [5.74, 6) is -0.629. The lowest BCUT2D eigenvalue weighted by Gasteiger charge is -2.40. The zero-order chi connectivity index (χ0) is 17.3. The molecule has 0 aliphatic carbocycles. The van der Waals surface area contributed by atoms with Gasteiger partial charge in [0, 0.05) is 31.7 Å². The predicted octanol–water partition coefficient (Wildman–Crippen LogP) is 3.15. The fourth-order valence-corrected chi connectivity index (χ4v) is 3.56. The monoisotopic (exact) mass is 349 g/mol. The van der Waals surface area contributed by atoms with Crippen LogP contribution in [0.5, 0.6) is 0 Å². The summed E-state index contributed by atoms with van der Waals surface area (Å²) in [4.78, 5) is 26.9. The molecule has 1 fully saturated rings. The van der Waals surface area contributed by atoms with Crippen LogP contribution in [0.2, 0.25) is 0 Å². The van der Waals surface area contributed by atoms with E-state index in [2.05, 4.69) is 0 Å². The summed E-state index contributed by atoms with van der Waals surface area (Å²) < 4.78 is 14.2. The Labute approximate surface area is 142 Å². The number of hydrogen-bond acceptors (Lipinski definition) is 5. The summed E-state index contributed by atoms with van der Waals surface area (Å²) >= 11 is 1.40. The molecule has 8 heteroatoms. The average molecular weight is 349 g/mol. The number of nitro groups is 1. The zero-order valence-electron chi connectivity index (χ0n) is 13.0. The van der Waals surface area contributed by atoms with Crippen LogP contribution in [-0.4, -0.2) is 41.4 Å². The third-order valence-corrected chi connectivity index (χ3v) is 4.96. The molecule has 1 atom stereocenters. The van der Waals surface area contributed by atoms with Gasteiger partial charge in [-0.3, -0.25) is 14.9 Å². The van der Waals surface area contributed by atoms with Crippen molar-refractivity contribution in [1.29, 1.82) is 0 Å². The minimum Gasteiger partial charge on any atom is -0.365 e. The van der Waals surface area contributed by atoms with Gasteiger partial charge in [-0.05, 0) is 24.4 Å². The first kappa shape index (κ1) is 16.4. The lowest BCUT2D eigenvalue weighted by atomic mass is 10.1. The number of anilines is 1. The fraction of sp³-hybridized carbons (Fsp3) is 0.312. The Morgan fingerprint density at radius 1 is 1.38 bits per heavy atom. The van der Waals surface area contributed by atoms with Crippen LogP contribution in [0.4, 0.5) is 15.8 Å². The molecule has 1 aliphatic rings. The number of carbonyl (C=O) groups is 1. The number of thiophene rings is 1. The van der Waals surface area contributed by atoms with E-state index in [-0.39, 0.29) is 17.6 Å². The topological polar surface area (TPSA) is 66.7 Å². The van der Waals surface area contributed by atoms with E-state index in [1.165, 1.54) is 23.5 Å². The fourth-order valence-electron chi connectivity index (χ4n) is 2.89. The van der Waals surface area contributed by atoms with Crippen LogP contribution in [0.15, 0.2) is 35.7 Å². The number of non-ortho nitro benzene ring substituents is 1. The van der Waals surface area contributed by atoms with Crippen molar-refractivity contribution < 1.29 is 14.1 Å². The van der Waals surface area contributed by atoms with E-state index in [9.17, 15) is 19.3 Å². The van der Waals surface area contributed by atoms with E-state index < -0.39 is 10.7 Å². The van der Waals surface area contributed by atoms with Crippen LogP contribution in [0, 0.1) is 15.9 Å². The Bertz CT molecular complexity index is 766. The molecular weight excluding hydrogens is 333 g/mol. The van der Waals surface area contributed by atoms with Crippen LogP contribution >= 0.6 is 11.3 Å². The Morgan fingerprint density at radius 3 is 2.75 bits per heavy atom. The Balaban J connectivity index is 1.74. The average Bonchev–Trinajstić information content (AvgIpc) is 3.08. The summed E-state index contributed by atoms with van der Waals surface area (Å²) in [5.41, 5.74) is 0.0616. The van der Waals surface area contributed by atoms with Crippen LogP contribution in [0.1, 0.15) is 16.6 Å². The van der Waals surface area contributed by atoms with Gasteiger partial charge in [0.25, 0.3) is 11.6 Å². The molecule has 2 heterocycles. The standard InChI is InChI=1S/C16H16FN3O3S/c1-11-10-18(14-5-4-12(20(22)23)9-13(14)17)6-7-19(11)16(21)15-3-2-8-24-15/h2-5,8-9,11H,6-7,10H2,1H3/t11-/m0/s1. The molecule has 2 aromatic rings. The van der Waals surface area contributed by atoms with Crippen molar-refractivity contribution in [3.8, 4) is 0 Å². The van der Waals surface area contributed by atoms with Gasteiger partial charge in [-0.2, -0.15) is 0 Å². The number of nitrogens with zero attached hydrogens (tertiary/aromatic N) is 3. The van der Waals surface area contributed by atoms with Gasteiger partial charge in [0.05, 0.1) is 21.6 Å². The highest BCUT2D eigenvalue weighted by Crippen LogP contribution is 2.27. The third-order valence-electron chi connectivity index (χ3n) is 4.10. The van der Waals surface area contributed by atoms with E-state index >= 15 is 0 Å². The van der Waals surface area contributed by atoms with Gasteiger partial charge in [-0.1, -0.05) is 6.07 Å². The van der Waals surface area contributed by atoms with E-state index in [1.807, 2.05) is 23.3 Å². The van der Waals surface area contributed by atoms with Gasteiger partial charge in [0.1, 0.15) is 0 Å². The molecule has 24 heavy (non-hydrogen) atoms. The second-order valence-electron chi connectivity index (χ2n) is 5.66. The molecule has 1 saturated heterocycles. The van der Waals surface area contributed by atoms with Crippen molar-refractivity contribution in [2.24, 2.45) is 0 Å². The molecule has 0 unspecified atom stereocenters. The predicted molar refractivity (Wildman–Crippen MR) is 90.1 cm³/mol. The second-order valence-corrected chi connectivity index (χ2v) is 6.61. The molecule has 0 saturated carbocycles. The summed E-state index contributed by atoms with van der Waals surface area (Å²) in [5, 5.41) is 12.6. The summed E-state index contributed by atoms with van der Waals surface area (Å²) in [6, 6.07) is 7.21. The Hall–Kier alpha value is -2.48. The number of hydrogen-bond donors (Lipinski definition) is 0. The van der Waals surface area contributed by atoms with Crippen LogP contribution in [-0.2, 0) is 0 Å². The normalized spacial score (nSPS) is 17.8. The number of piperazine rings is 1. The van der Waals surface area contributed by atoms with Gasteiger partial charge in [-0.25, -0.2) is 4.39 Å². The molecule has 1 aromatic carbocycles. The molecule has 3 rings (SSSR count). The first-order chi connectivity index (χ1) is 11.5. The maximum absolute atomic E-state index is 14.2. The molecule has 0 N–H and O–H groups in total. The molecule has 6 nitrogen and oxygen atoms in total. The van der Waals surface area contributed by atoms with Crippen molar-refractivity contribution in [2.75, 3.05) is 24.5 Å². The lowest BCUT2D eigenvalue weighted by Crippen LogP contribution is -2.54. The third kappa shape index (κ3) is 3.09.